The maximum Gasteiger partial charge on any atom is 4.00 e. The van der Waals surface area contributed by atoms with Gasteiger partial charge in [0.1, 0.15) is 0 Å². The number of rotatable bonds is 6. The van der Waals surface area contributed by atoms with Crippen LogP contribution in [0.5, 0.6) is 0 Å². The molecule has 0 bridgehead atoms. The molecule has 148 valence electrons. The average molecular weight is 470 g/mol. The van der Waals surface area contributed by atoms with Gasteiger partial charge in [0.15, 0.2) is 0 Å². The molecule has 0 amide bonds. The fourth-order valence-corrected chi connectivity index (χ4v) is 4.03. The van der Waals surface area contributed by atoms with Crippen LogP contribution >= 0.6 is 0 Å². The zero-order chi connectivity index (χ0) is 17.0. The van der Waals surface area contributed by atoms with Crippen LogP contribution in [0.2, 0.25) is 0 Å². The predicted molar refractivity (Wildman–Crippen MR) is 103 cm³/mol. The van der Waals surface area contributed by atoms with Crippen molar-refractivity contribution in [3.05, 3.63) is 94.6 Å². The second kappa shape index (κ2) is 13.7. The Bertz CT molecular complexity index is 712. The number of hydrogen-bond donors (Lipinski definition) is 0. The zero-order valence-corrected chi connectivity index (χ0v) is 20.6. The SMILES string of the molecule is CCCCC(C1=C(C)C(C)=[C-]C1)(c1ccccc1)c1ccccc1.[Cl-].[Cl-].[Cl-].[Ti+4]. The maximum absolute atomic E-state index is 3.58. The quantitative estimate of drug-likeness (QED) is 0.328. The Labute approximate surface area is 204 Å². The van der Waals surface area contributed by atoms with Gasteiger partial charge in [-0.05, 0) is 17.5 Å². The van der Waals surface area contributed by atoms with Crippen molar-refractivity contribution >= 4 is 0 Å². The summed E-state index contributed by atoms with van der Waals surface area (Å²) in [6, 6.07) is 22.1. The van der Waals surface area contributed by atoms with Gasteiger partial charge in [0, 0.05) is 5.41 Å². The number of hydrogen-bond acceptors (Lipinski definition) is 0. The standard InChI is InChI=1S/C24H27.3ClH.Ti/c1-4-5-18-24(21-12-8-6-9-13-21,22-14-10-7-11-15-22)23-17-16-19(2)20(23)3;;;;/h6-15H,4-5,17-18H2,1-3H3;3*1H;/q-1;;;;+4/p-3. The normalized spacial score (nSPS) is 12.8. The van der Waals surface area contributed by atoms with Gasteiger partial charge in [-0.1, -0.05) is 87.4 Å². The first-order chi connectivity index (χ1) is 11.7. The van der Waals surface area contributed by atoms with E-state index in [0.717, 1.165) is 12.8 Å². The first-order valence-corrected chi connectivity index (χ1v) is 9.09. The summed E-state index contributed by atoms with van der Waals surface area (Å²) in [5.74, 6) is 0. The van der Waals surface area contributed by atoms with E-state index in [1.54, 1.807) is 0 Å². The Morgan fingerprint density at radius 2 is 1.29 bits per heavy atom. The Morgan fingerprint density at radius 3 is 1.64 bits per heavy atom. The third kappa shape index (κ3) is 5.77. The van der Waals surface area contributed by atoms with Crippen LogP contribution in [0.3, 0.4) is 0 Å². The molecule has 1 aliphatic rings. The third-order valence-electron chi connectivity index (χ3n) is 5.50. The van der Waals surface area contributed by atoms with Crippen molar-refractivity contribution in [1.29, 1.82) is 0 Å². The van der Waals surface area contributed by atoms with Gasteiger partial charge in [-0.15, -0.1) is 18.9 Å². The average Bonchev–Trinajstić information content (AvgIpc) is 2.97. The molecule has 0 radical (unpaired) electrons. The Balaban J connectivity index is 0. The minimum atomic E-state index is -0.0344. The third-order valence-corrected chi connectivity index (χ3v) is 5.50. The molecule has 0 aliphatic heterocycles. The summed E-state index contributed by atoms with van der Waals surface area (Å²) in [7, 11) is 0. The second-order valence-electron chi connectivity index (χ2n) is 6.82. The molecule has 0 N–H and O–H groups in total. The van der Waals surface area contributed by atoms with Crippen molar-refractivity contribution < 1.29 is 58.9 Å². The minimum Gasteiger partial charge on any atom is -1.00 e. The minimum absolute atomic E-state index is 0. The molecule has 0 heterocycles. The molecule has 0 saturated carbocycles. The Kier molecular flexibility index (Phi) is 14.5. The van der Waals surface area contributed by atoms with E-state index < -0.39 is 0 Å². The van der Waals surface area contributed by atoms with Crippen molar-refractivity contribution in [3.8, 4) is 0 Å². The summed E-state index contributed by atoms with van der Waals surface area (Å²) in [5, 5.41) is 0. The van der Waals surface area contributed by atoms with Crippen LogP contribution in [-0.2, 0) is 27.1 Å². The van der Waals surface area contributed by atoms with Gasteiger partial charge < -0.3 is 37.2 Å². The van der Waals surface area contributed by atoms with E-state index in [1.807, 2.05) is 0 Å². The van der Waals surface area contributed by atoms with E-state index in [-0.39, 0.29) is 64.4 Å². The molecule has 2 aromatic carbocycles. The maximum atomic E-state index is 3.58. The van der Waals surface area contributed by atoms with Crippen LogP contribution in [0.15, 0.2) is 77.4 Å². The summed E-state index contributed by atoms with van der Waals surface area (Å²) >= 11 is 0. The Morgan fingerprint density at radius 1 is 0.821 bits per heavy atom. The van der Waals surface area contributed by atoms with Gasteiger partial charge in [0.2, 0.25) is 0 Å². The molecule has 0 fully saturated rings. The van der Waals surface area contributed by atoms with Crippen molar-refractivity contribution in [2.45, 2.75) is 51.9 Å². The molecule has 1 aliphatic carbocycles. The summed E-state index contributed by atoms with van der Waals surface area (Å²) in [6.07, 6.45) is 8.12. The van der Waals surface area contributed by atoms with Gasteiger partial charge in [-0.2, -0.15) is 5.57 Å². The number of unbranched alkanes of at least 4 members (excludes halogenated alkanes) is 1. The molecule has 0 unspecified atom stereocenters. The van der Waals surface area contributed by atoms with Gasteiger partial charge in [-0.25, -0.2) is 5.57 Å². The summed E-state index contributed by atoms with van der Waals surface area (Å²) in [4.78, 5) is 0. The number of halogens is 3. The zero-order valence-electron chi connectivity index (χ0n) is 16.7. The molecule has 0 nitrogen and oxygen atoms in total. The fraction of sp³-hybridized carbons (Fsp3) is 0.333. The van der Waals surface area contributed by atoms with E-state index in [9.17, 15) is 0 Å². The van der Waals surface area contributed by atoms with Crippen LogP contribution in [0, 0.1) is 6.08 Å². The van der Waals surface area contributed by atoms with Crippen LogP contribution in [0.4, 0.5) is 0 Å². The number of allylic oxidation sites excluding steroid dienone is 4. The van der Waals surface area contributed by atoms with E-state index >= 15 is 0 Å². The van der Waals surface area contributed by atoms with E-state index in [2.05, 4.69) is 87.5 Å². The summed E-state index contributed by atoms with van der Waals surface area (Å²) < 4.78 is 0. The molecule has 0 atom stereocenters. The number of benzene rings is 2. The van der Waals surface area contributed by atoms with Crippen molar-refractivity contribution in [1.82, 2.24) is 0 Å². The topological polar surface area (TPSA) is 0 Å². The monoisotopic (exact) mass is 468 g/mol. The van der Waals surface area contributed by atoms with E-state index in [4.69, 9.17) is 0 Å². The van der Waals surface area contributed by atoms with Gasteiger partial charge in [0.25, 0.3) is 0 Å². The molecular weight excluding hydrogens is 442 g/mol. The smallest absolute Gasteiger partial charge is 1.00 e. The largest absolute Gasteiger partial charge is 4.00 e. The van der Waals surface area contributed by atoms with Crippen LogP contribution in [0.25, 0.3) is 0 Å². The molecule has 0 aromatic heterocycles. The van der Waals surface area contributed by atoms with Gasteiger partial charge >= 0.3 is 21.7 Å². The molecule has 3 rings (SSSR count). The molecule has 4 heteroatoms. The van der Waals surface area contributed by atoms with Gasteiger partial charge in [-0.3, -0.25) is 6.08 Å². The van der Waals surface area contributed by atoms with Crippen LogP contribution < -0.4 is 37.2 Å². The predicted octanol–water partition coefficient (Wildman–Crippen LogP) is -2.36. The second-order valence-corrected chi connectivity index (χ2v) is 6.82. The van der Waals surface area contributed by atoms with Crippen molar-refractivity contribution in [3.63, 3.8) is 0 Å². The summed E-state index contributed by atoms with van der Waals surface area (Å²) in [5.41, 5.74) is 7.07. The van der Waals surface area contributed by atoms with Crippen molar-refractivity contribution in [2.24, 2.45) is 0 Å². The summed E-state index contributed by atoms with van der Waals surface area (Å²) in [6.45, 7) is 6.76. The van der Waals surface area contributed by atoms with Crippen LogP contribution in [0.1, 0.15) is 57.6 Å². The van der Waals surface area contributed by atoms with Crippen LogP contribution in [-0.4, -0.2) is 0 Å². The first-order valence-electron chi connectivity index (χ1n) is 9.09. The van der Waals surface area contributed by atoms with Gasteiger partial charge in [0.05, 0.1) is 0 Å². The van der Waals surface area contributed by atoms with E-state index in [1.165, 1.54) is 40.7 Å². The Hall–Kier alpha value is -0.496. The molecular formula is C24H27Cl3Ti. The molecule has 28 heavy (non-hydrogen) atoms. The fourth-order valence-electron chi connectivity index (χ4n) is 4.03. The molecule has 0 saturated heterocycles. The van der Waals surface area contributed by atoms with E-state index in [0.29, 0.717) is 0 Å². The molecule has 2 aromatic rings. The first kappa shape index (κ1) is 29.7. The van der Waals surface area contributed by atoms with Crippen molar-refractivity contribution in [2.75, 3.05) is 0 Å². The molecule has 0 spiro atoms.